The zero-order chi connectivity index (χ0) is 56.6. The van der Waals surface area contributed by atoms with Crippen LogP contribution in [0.1, 0.15) is 0 Å². The Morgan fingerprint density at radius 1 is 0.147 bits per heavy atom. The summed E-state index contributed by atoms with van der Waals surface area (Å²) >= 11 is 0. The van der Waals surface area contributed by atoms with E-state index < -0.39 is 126 Å². The van der Waals surface area contributed by atoms with Gasteiger partial charge in [0.1, 0.15) is 0 Å². The van der Waals surface area contributed by atoms with Gasteiger partial charge >= 0.3 is 126 Å². The Morgan fingerprint density at radius 2 is 0.265 bits per heavy atom. The molecule has 0 fully saturated rings. The van der Waals surface area contributed by atoms with Crippen LogP contribution in [0.5, 0.6) is 0 Å². The highest BCUT2D eigenvalue weighted by Gasteiger charge is 3.05. The van der Waals surface area contributed by atoms with Crippen LogP contribution in [0.15, 0.2) is 0 Å². The third kappa shape index (κ3) is 8.52. The van der Waals surface area contributed by atoms with Gasteiger partial charge in [0, 0.05) is 0 Å². The van der Waals surface area contributed by atoms with E-state index in [-0.39, 0.29) is 0 Å². The van der Waals surface area contributed by atoms with Gasteiger partial charge in [-0.15, -0.1) is 39.5 Å². The summed E-state index contributed by atoms with van der Waals surface area (Å²) in [6, 6.07) is 0. The van der Waals surface area contributed by atoms with Crippen molar-refractivity contribution in [3.63, 3.8) is 0 Å². The van der Waals surface area contributed by atoms with Crippen molar-refractivity contribution in [3.8, 4) is 0 Å². The molecule has 410 valence electrons. The van der Waals surface area contributed by atoms with E-state index in [2.05, 4.69) is 0 Å². The Kier molecular flexibility index (Phi) is 15.2. The second-order valence-corrected chi connectivity index (χ2v) is 11.9. The average molecular weight is 1140 g/mol. The van der Waals surface area contributed by atoms with Gasteiger partial charge in [0.25, 0.3) is 0 Å². The van der Waals surface area contributed by atoms with Crippen molar-refractivity contribution < 1.29 is 207 Å². The molecular formula is C21F44O3. The van der Waals surface area contributed by atoms with E-state index in [1.807, 2.05) is 0 Å². The lowest BCUT2D eigenvalue weighted by atomic mass is 9.75. The molecule has 0 unspecified atom stereocenters. The lowest BCUT2D eigenvalue weighted by Gasteiger charge is -2.53. The van der Waals surface area contributed by atoms with Crippen molar-refractivity contribution in [2.45, 2.75) is 126 Å². The molecule has 0 rings (SSSR count). The van der Waals surface area contributed by atoms with Gasteiger partial charge in [-0.3, -0.25) is 0 Å². The maximum atomic E-state index is 16.1. The molecule has 0 radical (unpaired) electrons. The van der Waals surface area contributed by atoms with Crippen molar-refractivity contribution in [2.24, 2.45) is 0 Å². The van der Waals surface area contributed by atoms with Gasteiger partial charge < -0.3 is 0 Å². The number of alkyl halides is 44. The van der Waals surface area contributed by atoms with Gasteiger partial charge in [0.15, 0.2) is 0 Å². The molecule has 47 heteroatoms. The standard InChI is InChI=1S/C21F44O3/c22-1(18(66-19(57,58)59,67-20(60,61)62)68-21(63,64)65,2(23,24)4(27,28)6(31,32)8(35,36)10(39,40)12(43,44)14(47,48)16(51,52)53)3(25,26)5(29,30)7(33,34)9(37,38)11(41,42)13(45,46)15(49,50)17(54,55)56. The number of hydrogen-bond donors (Lipinski definition) is 0. The maximum absolute atomic E-state index is 16.1. The minimum absolute atomic E-state index is 0.574. The third-order valence-corrected chi connectivity index (χ3v) is 7.48. The van der Waals surface area contributed by atoms with E-state index in [0.29, 0.717) is 14.2 Å². The van der Waals surface area contributed by atoms with Crippen LogP contribution < -0.4 is 0 Å². The summed E-state index contributed by atoms with van der Waals surface area (Å²) in [5.41, 5.74) is -11.8. The van der Waals surface area contributed by atoms with Crippen LogP contribution in [-0.4, -0.2) is 126 Å². The highest BCUT2D eigenvalue weighted by atomic mass is 19.5. The van der Waals surface area contributed by atoms with Gasteiger partial charge in [0.05, 0.1) is 0 Å². The normalized spacial score (nSPS) is 17.3. The van der Waals surface area contributed by atoms with Crippen LogP contribution in [0.4, 0.5) is 193 Å². The van der Waals surface area contributed by atoms with E-state index in [4.69, 9.17) is 0 Å². The molecule has 0 heterocycles. The fraction of sp³-hybridized carbons (Fsp3) is 1.00. The second-order valence-electron chi connectivity index (χ2n) is 11.9. The van der Waals surface area contributed by atoms with Crippen LogP contribution in [0, 0.1) is 0 Å². The molecule has 0 bridgehead atoms. The molecule has 0 aromatic heterocycles. The topological polar surface area (TPSA) is 27.7 Å². The predicted molar refractivity (Wildman–Crippen MR) is 109 cm³/mol. The molecular weight excluding hydrogens is 1140 g/mol. The van der Waals surface area contributed by atoms with Gasteiger partial charge in [-0.1, -0.05) is 0 Å². The molecule has 0 saturated heterocycles. The van der Waals surface area contributed by atoms with Crippen molar-refractivity contribution in [2.75, 3.05) is 0 Å². The highest BCUT2D eigenvalue weighted by molar-refractivity contribution is 5.27. The monoisotopic (exact) mass is 1140 g/mol. The van der Waals surface area contributed by atoms with Gasteiger partial charge in [0.2, 0.25) is 0 Å². The first kappa shape index (κ1) is 64.8. The van der Waals surface area contributed by atoms with E-state index in [0.717, 1.165) is 0 Å². The minimum atomic E-state index is -11.8. The van der Waals surface area contributed by atoms with E-state index >= 15 is 22.0 Å². The Labute approximate surface area is 335 Å². The first-order valence-electron chi connectivity index (χ1n) is 13.8. The van der Waals surface area contributed by atoms with E-state index in [1.165, 1.54) is 0 Å². The number of rotatable bonds is 18. The SMILES string of the molecule is FC(F)(F)OC(OC(F)(F)F)(OC(F)(F)F)C(F)(C(F)(F)C(F)(F)C(F)(F)C(F)(F)C(F)(F)C(F)(F)C(F)(F)C(F)(F)F)C(F)(F)C(F)(F)C(F)(F)C(F)(F)C(F)(F)C(F)(F)C(F)(F)C(F)(F)F. The van der Waals surface area contributed by atoms with E-state index in [1.54, 1.807) is 0 Å². The molecule has 0 saturated carbocycles. The van der Waals surface area contributed by atoms with Crippen molar-refractivity contribution >= 4 is 0 Å². The maximum Gasteiger partial charge on any atom is 0.526 e. The fourth-order valence-electron chi connectivity index (χ4n) is 4.07. The van der Waals surface area contributed by atoms with Crippen molar-refractivity contribution in [3.05, 3.63) is 0 Å². The first-order chi connectivity index (χ1) is 28.4. The summed E-state index contributed by atoms with van der Waals surface area (Å²) in [4.78, 5) is 0. The molecule has 68 heavy (non-hydrogen) atoms. The predicted octanol–water partition coefficient (Wildman–Crippen LogP) is 14.0. The Morgan fingerprint density at radius 3 is 0.382 bits per heavy atom. The molecule has 0 aromatic carbocycles. The van der Waals surface area contributed by atoms with Crippen LogP contribution in [0.25, 0.3) is 0 Å². The van der Waals surface area contributed by atoms with Crippen LogP contribution in [0.3, 0.4) is 0 Å². The Balaban J connectivity index is 9.78. The Bertz CT molecular complexity index is 1640. The fourth-order valence-corrected chi connectivity index (χ4v) is 4.07. The zero-order valence-corrected chi connectivity index (χ0v) is 28.4. The molecule has 0 aliphatic carbocycles. The minimum Gasteiger partial charge on any atom is -0.230 e. The zero-order valence-electron chi connectivity index (χ0n) is 28.4. The molecule has 0 aliphatic rings. The lowest BCUT2D eigenvalue weighted by Crippen LogP contribution is -2.86. The summed E-state index contributed by atoms with van der Waals surface area (Å²) < 4.78 is 604. The summed E-state index contributed by atoms with van der Waals surface area (Å²) in [6.45, 7) is 0. The molecule has 0 aromatic rings. The smallest absolute Gasteiger partial charge is 0.230 e. The van der Waals surface area contributed by atoms with Gasteiger partial charge in [-0.05, 0) is 0 Å². The van der Waals surface area contributed by atoms with Crippen LogP contribution in [-0.2, 0) is 14.2 Å². The highest BCUT2D eigenvalue weighted by Crippen LogP contribution is 2.73. The average Bonchev–Trinajstić information content (AvgIpc) is 3.02. The van der Waals surface area contributed by atoms with Crippen molar-refractivity contribution in [1.82, 2.24) is 0 Å². The number of hydrogen-bond acceptors (Lipinski definition) is 3. The summed E-state index contributed by atoms with van der Waals surface area (Å²) in [5, 5.41) is 0. The summed E-state index contributed by atoms with van der Waals surface area (Å²) in [6.07, 6.45) is -44.6. The molecule has 0 aliphatic heterocycles. The molecule has 0 N–H and O–H groups in total. The molecule has 0 amide bonds. The van der Waals surface area contributed by atoms with Gasteiger partial charge in [-0.25, -0.2) is 18.6 Å². The first-order valence-corrected chi connectivity index (χ1v) is 13.8. The summed E-state index contributed by atoms with van der Waals surface area (Å²) in [5.74, 6) is -159. The number of ether oxygens (including phenoxy) is 3. The Hall–Kier alpha value is -3.20. The molecule has 0 spiro atoms. The third-order valence-electron chi connectivity index (χ3n) is 7.48. The van der Waals surface area contributed by atoms with E-state index in [9.17, 15) is 171 Å². The van der Waals surface area contributed by atoms with Crippen LogP contribution >= 0.6 is 0 Å². The lowest BCUT2D eigenvalue weighted by molar-refractivity contribution is -0.630. The molecule has 3 nitrogen and oxygen atoms in total. The second kappa shape index (κ2) is 15.9. The molecule has 0 atom stereocenters. The number of halogens is 44. The summed E-state index contributed by atoms with van der Waals surface area (Å²) in [7, 11) is 0. The van der Waals surface area contributed by atoms with Crippen LogP contribution in [0.2, 0.25) is 0 Å². The van der Waals surface area contributed by atoms with Gasteiger partial charge in [-0.2, -0.15) is 149 Å². The largest absolute Gasteiger partial charge is 0.526 e. The quantitative estimate of drug-likeness (QED) is 0.101. The van der Waals surface area contributed by atoms with Crippen molar-refractivity contribution in [1.29, 1.82) is 0 Å².